The summed E-state index contributed by atoms with van der Waals surface area (Å²) in [5.74, 6) is 1.71. The lowest BCUT2D eigenvalue weighted by Gasteiger charge is -2.21. The average molecular weight is 224 g/mol. The maximum atomic E-state index is 6.12. The maximum Gasteiger partial charge on any atom is 0.127 e. The lowest BCUT2D eigenvalue weighted by atomic mass is 9.94. The van der Waals surface area contributed by atoms with Gasteiger partial charge in [0.05, 0.1) is 14.2 Å². The van der Waals surface area contributed by atoms with Crippen molar-refractivity contribution >= 4 is 0 Å². The summed E-state index contributed by atoms with van der Waals surface area (Å²) >= 11 is 0. The Labute approximate surface area is 96.5 Å². The van der Waals surface area contributed by atoms with Crippen LogP contribution >= 0.6 is 0 Å². The van der Waals surface area contributed by atoms with Gasteiger partial charge < -0.3 is 20.9 Å². The quantitative estimate of drug-likeness (QED) is 0.791. The molecule has 0 radical (unpaired) electrons. The Hall–Kier alpha value is -1.26. The average Bonchev–Trinajstić information content (AvgIpc) is 2.35. The minimum atomic E-state index is -0.120. The van der Waals surface area contributed by atoms with Crippen LogP contribution in [0.15, 0.2) is 18.2 Å². The SMILES string of the molecule is COc1ccc(C(N)C(C)CN)c(OC)c1. The first-order valence-corrected chi connectivity index (χ1v) is 5.31. The fraction of sp³-hybridized carbons (Fsp3) is 0.500. The van der Waals surface area contributed by atoms with Gasteiger partial charge in [0, 0.05) is 17.7 Å². The van der Waals surface area contributed by atoms with Gasteiger partial charge in [-0.15, -0.1) is 0 Å². The first-order valence-electron chi connectivity index (χ1n) is 5.31. The zero-order chi connectivity index (χ0) is 12.1. The highest BCUT2D eigenvalue weighted by Gasteiger charge is 2.17. The van der Waals surface area contributed by atoms with Crippen molar-refractivity contribution in [1.29, 1.82) is 0 Å². The van der Waals surface area contributed by atoms with Gasteiger partial charge in [0.15, 0.2) is 0 Å². The van der Waals surface area contributed by atoms with E-state index in [-0.39, 0.29) is 12.0 Å². The van der Waals surface area contributed by atoms with E-state index in [1.165, 1.54) is 0 Å². The van der Waals surface area contributed by atoms with E-state index in [4.69, 9.17) is 20.9 Å². The van der Waals surface area contributed by atoms with Crippen LogP contribution in [0, 0.1) is 5.92 Å². The maximum absolute atomic E-state index is 6.12. The highest BCUT2D eigenvalue weighted by molar-refractivity contribution is 5.42. The van der Waals surface area contributed by atoms with Crippen molar-refractivity contribution in [3.8, 4) is 11.5 Å². The molecule has 0 aliphatic carbocycles. The molecule has 0 heterocycles. The Morgan fingerprint density at radius 2 is 1.94 bits per heavy atom. The van der Waals surface area contributed by atoms with E-state index >= 15 is 0 Å². The fourth-order valence-electron chi connectivity index (χ4n) is 1.55. The summed E-state index contributed by atoms with van der Waals surface area (Å²) in [6.07, 6.45) is 0. The van der Waals surface area contributed by atoms with Gasteiger partial charge in [0.25, 0.3) is 0 Å². The van der Waals surface area contributed by atoms with Gasteiger partial charge in [-0.05, 0) is 18.5 Å². The number of methoxy groups -OCH3 is 2. The zero-order valence-corrected chi connectivity index (χ0v) is 10.1. The van der Waals surface area contributed by atoms with Crippen LogP contribution in [0.2, 0.25) is 0 Å². The molecule has 4 nitrogen and oxygen atoms in total. The van der Waals surface area contributed by atoms with E-state index < -0.39 is 0 Å². The molecule has 0 fully saturated rings. The monoisotopic (exact) mass is 224 g/mol. The van der Waals surface area contributed by atoms with E-state index in [1.54, 1.807) is 14.2 Å². The third kappa shape index (κ3) is 2.65. The summed E-state index contributed by atoms with van der Waals surface area (Å²) in [5, 5.41) is 0. The van der Waals surface area contributed by atoms with Crippen LogP contribution in [0.3, 0.4) is 0 Å². The van der Waals surface area contributed by atoms with Gasteiger partial charge in [-0.25, -0.2) is 0 Å². The zero-order valence-electron chi connectivity index (χ0n) is 10.1. The molecule has 0 aromatic heterocycles. The number of rotatable bonds is 5. The molecule has 4 heteroatoms. The van der Waals surface area contributed by atoms with E-state index in [0.29, 0.717) is 6.54 Å². The smallest absolute Gasteiger partial charge is 0.127 e. The van der Waals surface area contributed by atoms with Crippen LogP contribution in [-0.2, 0) is 0 Å². The molecule has 1 rings (SSSR count). The summed E-state index contributed by atoms with van der Waals surface area (Å²) in [6.45, 7) is 2.57. The van der Waals surface area contributed by atoms with Crippen molar-refractivity contribution in [3.63, 3.8) is 0 Å². The Bertz CT molecular complexity index is 342. The van der Waals surface area contributed by atoms with Crippen molar-refractivity contribution in [3.05, 3.63) is 23.8 Å². The highest BCUT2D eigenvalue weighted by atomic mass is 16.5. The van der Waals surface area contributed by atoms with Crippen molar-refractivity contribution in [2.45, 2.75) is 13.0 Å². The van der Waals surface area contributed by atoms with Crippen LogP contribution < -0.4 is 20.9 Å². The molecular weight excluding hydrogens is 204 g/mol. The Morgan fingerprint density at radius 3 is 2.44 bits per heavy atom. The normalized spacial score (nSPS) is 14.3. The lowest BCUT2D eigenvalue weighted by molar-refractivity contribution is 0.380. The molecule has 1 aromatic carbocycles. The van der Waals surface area contributed by atoms with Crippen molar-refractivity contribution in [2.24, 2.45) is 17.4 Å². The third-order valence-corrected chi connectivity index (χ3v) is 2.78. The molecule has 0 aliphatic rings. The van der Waals surface area contributed by atoms with E-state index in [2.05, 4.69) is 0 Å². The Balaban J connectivity index is 3.03. The molecule has 0 spiro atoms. The predicted molar refractivity (Wildman–Crippen MR) is 64.7 cm³/mol. The van der Waals surface area contributed by atoms with Crippen LogP contribution in [-0.4, -0.2) is 20.8 Å². The van der Waals surface area contributed by atoms with Crippen LogP contribution in [0.5, 0.6) is 11.5 Å². The number of nitrogens with two attached hydrogens (primary N) is 2. The van der Waals surface area contributed by atoms with Crippen molar-refractivity contribution in [2.75, 3.05) is 20.8 Å². The van der Waals surface area contributed by atoms with Crippen LogP contribution in [0.25, 0.3) is 0 Å². The molecule has 0 amide bonds. The van der Waals surface area contributed by atoms with Gasteiger partial charge in [-0.1, -0.05) is 13.0 Å². The fourth-order valence-corrected chi connectivity index (χ4v) is 1.55. The largest absolute Gasteiger partial charge is 0.497 e. The second-order valence-electron chi connectivity index (χ2n) is 3.85. The van der Waals surface area contributed by atoms with Crippen molar-refractivity contribution < 1.29 is 9.47 Å². The van der Waals surface area contributed by atoms with Gasteiger partial charge in [-0.2, -0.15) is 0 Å². The van der Waals surface area contributed by atoms with Gasteiger partial charge >= 0.3 is 0 Å². The summed E-state index contributed by atoms with van der Waals surface area (Å²) in [6, 6.07) is 5.51. The van der Waals surface area contributed by atoms with Gasteiger partial charge in [-0.3, -0.25) is 0 Å². The molecule has 0 aliphatic heterocycles. The first-order chi connectivity index (χ1) is 7.63. The van der Waals surface area contributed by atoms with E-state index in [9.17, 15) is 0 Å². The molecule has 90 valence electrons. The Morgan fingerprint density at radius 1 is 1.25 bits per heavy atom. The number of ether oxygens (including phenoxy) is 2. The summed E-state index contributed by atoms with van der Waals surface area (Å²) in [7, 11) is 3.25. The minimum Gasteiger partial charge on any atom is -0.497 e. The molecule has 0 saturated heterocycles. The molecule has 4 N–H and O–H groups in total. The molecular formula is C12H20N2O2. The molecule has 2 unspecified atom stereocenters. The van der Waals surface area contributed by atoms with Gasteiger partial charge in [0.1, 0.15) is 11.5 Å². The molecule has 0 saturated carbocycles. The Kier molecular flexibility index (Phi) is 4.58. The standard InChI is InChI=1S/C12H20N2O2/c1-8(7-13)12(14)10-5-4-9(15-2)6-11(10)16-3/h4-6,8,12H,7,13-14H2,1-3H3. The highest BCUT2D eigenvalue weighted by Crippen LogP contribution is 2.31. The molecule has 16 heavy (non-hydrogen) atoms. The predicted octanol–water partition coefficient (Wildman–Crippen LogP) is 1.30. The number of hydrogen-bond donors (Lipinski definition) is 2. The summed E-state index contributed by atoms with van der Waals surface area (Å²) in [5.41, 5.74) is 12.7. The minimum absolute atomic E-state index is 0.120. The third-order valence-electron chi connectivity index (χ3n) is 2.78. The van der Waals surface area contributed by atoms with E-state index in [0.717, 1.165) is 17.1 Å². The first kappa shape index (κ1) is 12.8. The molecule has 0 bridgehead atoms. The molecule has 2 atom stereocenters. The lowest BCUT2D eigenvalue weighted by Crippen LogP contribution is -2.25. The van der Waals surface area contributed by atoms with Crippen LogP contribution in [0.4, 0.5) is 0 Å². The van der Waals surface area contributed by atoms with E-state index in [1.807, 2.05) is 25.1 Å². The number of benzene rings is 1. The van der Waals surface area contributed by atoms with Gasteiger partial charge in [0.2, 0.25) is 0 Å². The van der Waals surface area contributed by atoms with Crippen LogP contribution in [0.1, 0.15) is 18.5 Å². The summed E-state index contributed by atoms with van der Waals surface area (Å²) in [4.78, 5) is 0. The topological polar surface area (TPSA) is 70.5 Å². The molecule has 1 aromatic rings. The summed E-state index contributed by atoms with van der Waals surface area (Å²) < 4.78 is 10.4. The van der Waals surface area contributed by atoms with Crippen molar-refractivity contribution in [1.82, 2.24) is 0 Å². The second kappa shape index (κ2) is 5.72. The number of hydrogen-bond acceptors (Lipinski definition) is 4. The second-order valence-corrected chi connectivity index (χ2v) is 3.85.